The first-order valence-corrected chi connectivity index (χ1v) is 10.7. The minimum absolute atomic E-state index is 0.127. The van der Waals surface area contributed by atoms with E-state index in [-0.39, 0.29) is 5.91 Å². The molecule has 0 aliphatic heterocycles. The molecule has 0 saturated carbocycles. The Morgan fingerprint density at radius 3 is 2.56 bits per heavy atom. The standard InChI is InChI=1S/C21H22N2O2S2/c1-2-23(20(24)16-27-21-22-12-13-26-21)14-17-8-10-19(11-9-17)25-15-18-6-4-3-5-7-18/h3-13H,2,14-16H2,1H3. The van der Waals surface area contributed by atoms with Gasteiger partial charge in [-0.3, -0.25) is 4.79 Å². The summed E-state index contributed by atoms with van der Waals surface area (Å²) in [6.07, 6.45) is 1.76. The number of thioether (sulfide) groups is 1. The molecule has 0 aliphatic rings. The average Bonchev–Trinajstić information content (AvgIpc) is 3.24. The summed E-state index contributed by atoms with van der Waals surface area (Å²) in [5.41, 5.74) is 2.23. The minimum atomic E-state index is 0.127. The molecule has 0 N–H and O–H groups in total. The summed E-state index contributed by atoms with van der Waals surface area (Å²) >= 11 is 3.05. The Morgan fingerprint density at radius 1 is 1.11 bits per heavy atom. The Balaban J connectivity index is 1.50. The van der Waals surface area contributed by atoms with Crippen LogP contribution >= 0.6 is 23.1 Å². The molecular weight excluding hydrogens is 376 g/mol. The number of hydrogen-bond acceptors (Lipinski definition) is 5. The van der Waals surface area contributed by atoms with Crippen LogP contribution < -0.4 is 4.74 Å². The summed E-state index contributed by atoms with van der Waals surface area (Å²) in [6.45, 7) is 3.84. The van der Waals surface area contributed by atoms with Crippen LogP contribution in [0.15, 0.2) is 70.5 Å². The van der Waals surface area contributed by atoms with E-state index in [1.54, 1.807) is 17.5 Å². The third kappa shape index (κ3) is 6.12. The van der Waals surface area contributed by atoms with E-state index in [1.807, 2.05) is 71.8 Å². The molecule has 27 heavy (non-hydrogen) atoms. The third-order valence-electron chi connectivity index (χ3n) is 4.01. The van der Waals surface area contributed by atoms with Crippen molar-refractivity contribution in [1.29, 1.82) is 0 Å². The molecule has 0 fully saturated rings. The lowest BCUT2D eigenvalue weighted by Gasteiger charge is -2.21. The Hall–Kier alpha value is -2.31. The fourth-order valence-electron chi connectivity index (χ4n) is 2.53. The normalized spacial score (nSPS) is 10.6. The van der Waals surface area contributed by atoms with Crippen LogP contribution in [0.2, 0.25) is 0 Å². The predicted molar refractivity (Wildman–Crippen MR) is 111 cm³/mol. The van der Waals surface area contributed by atoms with Crippen molar-refractivity contribution >= 4 is 29.0 Å². The number of benzene rings is 2. The van der Waals surface area contributed by atoms with Gasteiger partial charge in [0.05, 0.1) is 5.75 Å². The number of hydrogen-bond donors (Lipinski definition) is 0. The molecule has 6 heteroatoms. The summed E-state index contributed by atoms with van der Waals surface area (Å²) in [5, 5.41) is 1.92. The summed E-state index contributed by atoms with van der Waals surface area (Å²) < 4.78 is 6.75. The van der Waals surface area contributed by atoms with Gasteiger partial charge >= 0.3 is 0 Å². The van der Waals surface area contributed by atoms with Crippen molar-refractivity contribution in [2.24, 2.45) is 0 Å². The van der Waals surface area contributed by atoms with Gasteiger partial charge < -0.3 is 9.64 Å². The van der Waals surface area contributed by atoms with E-state index >= 15 is 0 Å². The fraction of sp³-hybridized carbons (Fsp3) is 0.238. The molecule has 0 atom stereocenters. The predicted octanol–water partition coefficient (Wildman–Crippen LogP) is 4.86. The van der Waals surface area contributed by atoms with E-state index in [9.17, 15) is 4.79 Å². The number of nitrogens with zero attached hydrogens (tertiary/aromatic N) is 2. The van der Waals surface area contributed by atoms with Crippen molar-refractivity contribution in [3.05, 3.63) is 77.3 Å². The van der Waals surface area contributed by atoms with Gasteiger partial charge in [0.25, 0.3) is 0 Å². The third-order valence-corrected chi connectivity index (χ3v) is 5.96. The molecule has 0 bridgehead atoms. The van der Waals surface area contributed by atoms with E-state index in [4.69, 9.17) is 4.74 Å². The van der Waals surface area contributed by atoms with E-state index in [0.717, 1.165) is 21.2 Å². The molecule has 0 saturated heterocycles. The lowest BCUT2D eigenvalue weighted by molar-refractivity contribution is -0.128. The second kappa shape index (κ2) is 10.1. The summed E-state index contributed by atoms with van der Waals surface area (Å²) in [5.74, 6) is 1.37. The van der Waals surface area contributed by atoms with Gasteiger partial charge in [-0.2, -0.15) is 0 Å². The van der Waals surface area contributed by atoms with Crippen LogP contribution in [0.5, 0.6) is 5.75 Å². The molecule has 0 unspecified atom stereocenters. The Labute approximate surface area is 168 Å². The highest BCUT2D eigenvalue weighted by molar-refractivity contribution is 8.01. The molecule has 1 heterocycles. The van der Waals surface area contributed by atoms with Crippen molar-refractivity contribution in [3.63, 3.8) is 0 Å². The number of rotatable bonds is 9. The van der Waals surface area contributed by atoms with E-state index in [2.05, 4.69) is 4.98 Å². The lowest BCUT2D eigenvalue weighted by Crippen LogP contribution is -2.31. The average molecular weight is 399 g/mol. The van der Waals surface area contributed by atoms with Gasteiger partial charge in [-0.1, -0.05) is 54.2 Å². The van der Waals surface area contributed by atoms with Crippen LogP contribution in [0.25, 0.3) is 0 Å². The quantitative estimate of drug-likeness (QED) is 0.483. The topological polar surface area (TPSA) is 42.4 Å². The first-order chi connectivity index (χ1) is 13.2. The molecule has 0 aliphatic carbocycles. The monoisotopic (exact) mass is 398 g/mol. The first-order valence-electron chi connectivity index (χ1n) is 8.80. The molecule has 4 nitrogen and oxygen atoms in total. The van der Waals surface area contributed by atoms with Crippen LogP contribution in [-0.4, -0.2) is 28.1 Å². The number of carbonyl (C=O) groups excluding carboxylic acids is 1. The zero-order chi connectivity index (χ0) is 18.9. The van der Waals surface area contributed by atoms with Crippen molar-refractivity contribution < 1.29 is 9.53 Å². The largest absolute Gasteiger partial charge is 0.489 e. The summed E-state index contributed by atoms with van der Waals surface area (Å²) in [4.78, 5) is 18.5. The molecule has 0 radical (unpaired) electrons. The maximum Gasteiger partial charge on any atom is 0.233 e. The van der Waals surface area contributed by atoms with Crippen molar-refractivity contribution in [2.75, 3.05) is 12.3 Å². The Kier molecular flexibility index (Phi) is 7.30. The van der Waals surface area contributed by atoms with Crippen LogP contribution in [0, 0.1) is 0 Å². The second-order valence-electron chi connectivity index (χ2n) is 5.91. The second-order valence-corrected chi connectivity index (χ2v) is 8.03. The molecule has 1 aromatic heterocycles. The van der Waals surface area contributed by atoms with E-state index in [0.29, 0.717) is 25.4 Å². The van der Waals surface area contributed by atoms with E-state index in [1.165, 1.54) is 11.8 Å². The molecule has 140 valence electrons. The van der Waals surface area contributed by atoms with Crippen LogP contribution in [0.1, 0.15) is 18.1 Å². The van der Waals surface area contributed by atoms with Gasteiger partial charge in [-0.15, -0.1) is 11.3 Å². The minimum Gasteiger partial charge on any atom is -0.489 e. The summed E-state index contributed by atoms with van der Waals surface area (Å²) in [7, 11) is 0. The highest BCUT2D eigenvalue weighted by atomic mass is 32.2. The number of aromatic nitrogens is 1. The fourth-order valence-corrected chi connectivity index (χ4v) is 4.07. The SMILES string of the molecule is CCN(Cc1ccc(OCc2ccccc2)cc1)C(=O)CSc1nccs1. The Bertz CT molecular complexity index is 821. The smallest absolute Gasteiger partial charge is 0.233 e. The maximum absolute atomic E-state index is 12.5. The highest BCUT2D eigenvalue weighted by Gasteiger charge is 2.13. The van der Waals surface area contributed by atoms with Gasteiger partial charge in [-0.25, -0.2) is 4.98 Å². The number of carbonyl (C=O) groups is 1. The van der Waals surface area contributed by atoms with E-state index < -0.39 is 0 Å². The summed E-state index contributed by atoms with van der Waals surface area (Å²) in [6, 6.07) is 18.0. The van der Waals surface area contributed by atoms with Crippen molar-refractivity contribution in [3.8, 4) is 5.75 Å². The molecular formula is C21H22N2O2S2. The molecule has 3 aromatic rings. The molecule has 3 rings (SSSR count). The van der Waals surface area contributed by atoms with Gasteiger partial charge in [0.15, 0.2) is 0 Å². The van der Waals surface area contributed by atoms with Gasteiger partial charge in [0, 0.05) is 24.7 Å². The van der Waals surface area contributed by atoms with Crippen molar-refractivity contribution in [1.82, 2.24) is 9.88 Å². The number of thiazole rings is 1. The molecule has 0 spiro atoms. The number of amides is 1. The van der Waals surface area contributed by atoms with Crippen LogP contribution in [0.4, 0.5) is 0 Å². The first kappa shape index (κ1) is 19.5. The Morgan fingerprint density at radius 2 is 1.89 bits per heavy atom. The maximum atomic E-state index is 12.5. The van der Waals surface area contributed by atoms with Gasteiger partial charge in [0.1, 0.15) is 16.7 Å². The van der Waals surface area contributed by atoms with Gasteiger partial charge in [0.2, 0.25) is 5.91 Å². The molecule has 2 aromatic carbocycles. The van der Waals surface area contributed by atoms with Crippen molar-refractivity contribution in [2.45, 2.75) is 24.4 Å². The number of ether oxygens (including phenoxy) is 1. The van der Waals surface area contributed by atoms with Crippen LogP contribution in [-0.2, 0) is 17.9 Å². The van der Waals surface area contributed by atoms with Crippen LogP contribution in [0.3, 0.4) is 0 Å². The zero-order valence-corrected chi connectivity index (χ0v) is 16.8. The molecule has 1 amide bonds. The highest BCUT2D eigenvalue weighted by Crippen LogP contribution is 2.21. The lowest BCUT2D eigenvalue weighted by atomic mass is 10.2. The zero-order valence-electron chi connectivity index (χ0n) is 15.2. The van der Waals surface area contributed by atoms with Gasteiger partial charge in [-0.05, 0) is 30.2 Å².